The smallest absolute Gasteiger partial charge is 0.180 e. The fraction of sp³-hybridized carbons (Fsp3) is 0.290. The number of H-pyrrole nitrogens is 3. The van der Waals surface area contributed by atoms with Crippen LogP contribution in [0, 0.1) is 32.6 Å². The number of carbonyl (C=O) groups excluding carboxylic acids is 2. The topological polar surface area (TPSA) is 93.5 Å². The number of ketones is 1. The van der Waals surface area contributed by atoms with Crippen molar-refractivity contribution >= 4 is 41.9 Å². The van der Waals surface area contributed by atoms with Crippen molar-refractivity contribution in [3.8, 4) is 0 Å². The van der Waals surface area contributed by atoms with Crippen molar-refractivity contribution in [3.05, 3.63) is 84.8 Å². The van der Waals surface area contributed by atoms with Gasteiger partial charge in [-0.3, -0.25) is 4.79 Å². The first-order chi connectivity index (χ1) is 17.8. The molecule has 0 aromatic carbocycles. The number of nitrogens with one attached hydrogen (secondary N) is 4. The second kappa shape index (κ2) is 8.23. The molecule has 4 N–H and O–H groups in total. The van der Waals surface area contributed by atoms with Gasteiger partial charge in [-0.1, -0.05) is 26.5 Å². The molecule has 6 rings (SSSR count). The largest absolute Gasteiger partial charge is 0.362 e. The summed E-state index contributed by atoms with van der Waals surface area (Å²) in [7, 11) is 0. The van der Waals surface area contributed by atoms with E-state index < -0.39 is 5.92 Å². The number of aromatic amines is 3. The quantitative estimate of drug-likeness (QED) is 0.327. The molecule has 6 heteroatoms. The third-order valence-corrected chi connectivity index (χ3v) is 8.45. The molecule has 2 atom stereocenters. The molecule has 8 bridgehead atoms. The molecule has 37 heavy (non-hydrogen) atoms. The van der Waals surface area contributed by atoms with Gasteiger partial charge in [-0.05, 0) is 74.1 Å². The molecular formula is C31H32N4O2. The van der Waals surface area contributed by atoms with Crippen LogP contribution in [0.15, 0.2) is 18.0 Å². The van der Waals surface area contributed by atoms with Crippen molar-refractivity contribution in [2.45, 2.75) is 47.5 Å². The zero-order valence-corrected chi connectivity index (χ0v) is 22.0. The molecular weight excluding hydrogens is 460 g/mol. The molecule has 3 aromatic heterocycles. The fourth-order valence-electron chi connectivity index (χ4n) is 6.32. The Morgan fingerprint density at radius 3 is 2.41 bits per heavy atom. The zero-order valence-electron chi connectivity index (χ0n) is 22.0. The maximum absolute atomic E-state index is 13.4. The fourth-order valence-corrected chi connectivity index (χ4v) is 6.32. The lowest BCUT2D eigenvalue weighted by atomic mass is 9.97. The van der Waals surface area contributed by atoms with Crippen LogP contribution < -0.4 is 16.0 Å². The van der Waals surface area contributed by atoms with Crippen molar-refractivity contribution in [2.24, 2.45) is 11.8 Å². The van der Waals surface area contributed by atoms with Gasteiger partial charge in [0.1, 0.15) is 12.2 Å². The molecule has 0 spiro atoms. The molecule has 5 heterocycles. The number of carbonyl (C=O) groups is 2. The average molecular weight is 493 g/mol. The second-order valence-corrected chi connectivity index (χ2v) is 10.5. The van der Waals surface area contributed by atoms with E-state index in [1.807, 2.05) is 13.0 Å². The van der Waals surface area contributed by atoms with Crippen LogP contribution in [0.1, 0.15) is 81.2 Å². The van der Waals surface area contributed by atoms with Crippen LogP contribution in [0.3, 0.4) is 0 Å². The Bertz CT molecular complexity index is 1720. The van der Waals surface area contributed by atoms with E-state index in [0.717, 1.165) is 86.3 Å². The Morgan fingerprint density at radius 2 is 1.70 bits per heavy atom. The summed E-state index contributed by atoms with van der Waals surface area (Å²) in [5, 5.41) is 5.66. The van der Waals surface area contributed by atoms with Gasteiger partial charge in [0.2, 0.25) is 0 Å². The Morgan fingerprint density at radius 1 is 0.973 bits per heavy atom. The molecule has 0 saturated carbocycles. The van der Waals surface area contributed by atoms with Crippen LogP contribution in [0.25, 0.3) is 29.9 Å². The minimum Gasteiger partial charge on any atom is -0.362 e. The summed E-state index contributed by atoms with van der Waals surface area (Å²) in [5.74, 6) is -0.691. The highest BCUT2D eigenvalue weighted by Crippen LogP contribution is 2.44. The van der Waals surface area contributed by atoms with Gasteiger partial charge in [0, 0.05) is 61.8 Å². The summed E-state index contributed by atoms with van der Waals surface area (Å²) in [6.07, 6.45) is 10.7. The number of aldehydes is 1. The van der Waals surface area contributed by atoms with Crippen molar-refractivity contribution in [2.75, 3.05) is 0 Å². The van der Waals surface area contributed by atoms with Crippen LogP contribution in [-0.4, -0.2) is 27.0 Å². The predicted octanol–water partition coefficient (Wildman–Crippen LogP) is 4.17. The van der Waals surface area contributed by atoms with E-state index in [1.54, 1.807) is 0 Å². The number of fused-ring (bicyclic) bond motifs is 7. The summed E-state index contributed by atoms with van der Waals surface area (Å²) in [4.78, 5) is 36.4. The average Bonchev–Trinajstić information content (AvgIpc) is 3.61. The molecule has 3 aromatic rings. The van der Waals surface area contributed by atoms with Gasteiger partial charge in [-0.25, -0.2) is 0 Å². The normalized spacial score (nSPS) is 25.1. The summed E-state index contributed by atoms with van der Waals surface area (Å²) in [5.41, 5.74) is 12.6. The summed E-state index contributed by atoms with van der Waals surface area (Å²) < 4.78 is 0. The lowest BCUT2D eigenvalue weighted by molar-refractivity contribution is -0.108. The standard InChI is InChI=1S/C31H32N4O2/c1-7-18-15(4)22-10-21-14(3)9-27(32-21)29-20(13-36)31(37)28-17(6)24(35-30(28)29)12-26-19(8-2)16(5)23(34-26)11-25(18)33-22/h7,10-14,20,32-35H,1,8-9H2,2-6H3/b21-10-,23-11-,26-12-,29-27-/t14-,20+/m0/s1. The first-order valence-corrected chi connectivity index (χ1v) is 13.0. The molecule has 0 unspecified atom stereocenters. The van der Waals surface area contributed by atoms with Crippen molar-refractivity contribution in [3.63, 3.8) is 0 Å². The molecule has 0 radical (unpaired) electrons. The van der Waals surface area contributed by atoms with Crippen LogP contribution in [0.2, 0.25) is 0 Å². The monoisotopic (exact) mass is 492 g/mol. The highest BCUT2D eigenvalue weighted by Gasteiger charge is 2.42. The van der Waals surface area contributed by atoms with Gasteiger partial charge in [0.15, 0.2) is 5.78 Å². The third kappa shape index (κ3) is 3.24. The van der Waals surface area contributed by atoms with E-state index in [2.05, 4.69) is 72.8 Å². The number of aromatic nitrogens is 3. The summed E-state index contributed by atoms with van der Waals surface area (Å²) in [6, 6.07) is 0. The van der Waals surface area contributed by atoms with Crippen LogP contribution >= 0.6 is 0 Å². The molecule has 2 aliphatic heterocycles. The second-order valence-electron chi connectivity index (χ2n) is 10.5. The van der Waals surface area contributed by atoms with E-state index in [-0.39, 0.29) is 11.7 Å². The molecule has 188 valence electrons. The number of hydrogen-bond donors (Lipinski definition) is 4. The van der Waals surface area contributed by atoms with E-state index in [1.165, 1.54) is 11.1 Å². The molecule has 6 nitrogen and oxygen atoms in total. The molecule has 0 amide bonds. The molecule has 1 saturated heterocycles. The minimum atomic E-state index is -0.784. The van der Waals surface area contributed by atoms with Crippen molar-refractivity contribution < 1.29 is 9.59 Å². The predicted molar refractivity (Wildman–Crippen MR) is 148 cm³/mol. The number of hydrogen-bond acceptors (Lipinski definition) is 3. The lowest BCUT2D eigenvalue weighted by Crippen LogP contribution is -2.15. The highest BCUT2D eigenvalue weighted by molar-refractivity contribution is 6.22. The molecule has 1 aliphatic carbocycles. The van der Waals surface area contributed by atoms with Crippen LogP contribution in [0.4, 0.5) is 0 Å². The van der Waals surface area contributed by atoms with E-state index in [0.29, 0.717) is 5.56 Å². The Balaban J connectivity index is 1.73. The van der Waals surface area contributed by atoms with Gasteiger partial charge in [-0.15, -0.1) is 0 Å². The van der Waals surface area contributed by atoms with Crippen molar-refractivity contribution in [1.82, 2.24) is 20.3 Å². The number of Topliss-reactive ketones (excluding diaryl/α,β-unsaturated/α-hetero) is 1. The zero-order chi connectivity index (χ0) is 26.2. The SMILES string of the molecule is C=Cc1c2[nH]c(c1C)/C=C1\N/C(=C3\c4[nH]c(c(C)c4C(=O)[C@@H]3C=O)/C=c3\[nH]/c(c(C)c3CC)=C\2)C[C@@H]1C. The highest BCUT2D eigenvalue weighted by atomic mass is 16.1. The first-order valence-electron chi connectivity index (χ1n) is 13.0. The number of allylic oxidation sites excluding steroid dienone is 3. The molecule has 1 fully saturated rings. The summed E-state index contributed by atoms with van der Waals surface area (Å²) in [6.45, 7) is 14.6. The van der Waals surface area contributed by atoms with Gasteiger partial charge in [-0.2, -0.15) is 0 Å². The first kappa shape index (κ1) is 23.3. The Kier molecular flexibility index (Phi) is 5.19. The van der Waals surface area contributed by atoms with Gasteiger partial charge in [0.05, 0.1) is 5.69 Å². The third-order valence-electron chi connectivity index (χ3n) is 8.45. The summed E-state index contributed by atoms with van der Waals surface area (Å²) >= 11 is 0. The minimum absolute atomic E-state index is 0.123. The van der Waals surface area contributed by atoms with Crippen LogP contribution in [-0.2, 0) is 11.2 Å². The van der Waals surface area contributed by atoms with E-state index in [9.17, 15) is 9.59 Å². The lowest BCUT2D eigenvalue weighted by Gasteiger charge is -2.10. The van der Waals surface area contributed by atoms with E-state index in [4.69, 9.17) is 0 Å². The van der Waals surface area contributed by atoms with Crippen molar-refractivity contribution in [1.29, 1.82) is 0 Å². The van der Waals surface area contributed by atoms with E-state index >= 15 is 0 Å². The van der Waals surface area contributed by atoms with Crippen LogP contribution in [0.5, 0.6) is 0 Å². The number of rotatable bonds is 3. The Labute approximate surface area is 216 Å². The van der Waals surface area contributed by atoms with Gasteiger partial charge in [0.25, 0.3) is 0 Å². The Hall–Kier alpha value is -4.06. The molecule has 3 aliphatic rings. The van der Waals surface area contributed by atoms with Gasteiger partial charge >= 0.3 is 0 Å². The van der Waals surface area contributed by atoms with Gasteiger partial charge < -0.3 is 25.1 Å². The maximum atomic E-state index is 13.4. The maximum Gasteiger partial charge on any atom is 0.180 e.